The third-order valence-corrected chi connectivity index (χ3v) is 5.61. The molecule has 0 radical (unpaired) electrons. The normalized spacial score (nSPS) is 11.2. The fourth-order valence-electron chi connectivity index (χ4n) is 3.94. The summed E-state index contributed by atoms with van der Waals surface area (Å²) >= 11 is 0. The van der Waals surface area contributed by atoms with Crippen molar-refractivity contribution in [2.45, 2.75) is 6.54 Å². The molecule has 2 heterocycles. The molecule has 5 rings (SSSR count). The number of benzene rings is 3. The van der Waals surface area contributed by atoms with Crippen LogP contribution in [0.5, 0.6) is 5.75 Å². The molecule has 0 saturated heterocycles. The van der Waals surface area contributed by atoms with Gasteiger partial charge in [-0.3, -0.25) is 14.6 Å². The van der Waals surface area contributed by atoms with Crippen LogP contribution in [-0.4, -0.2) is 34.2 Å². The van der Waals surface area contributed by atoms with Crippen molar-refractivity contribution in [2.75, 3.05) is 11.9 Å². The molecule has 0 spiro atoms. The lowest BCUT2D eigenvalue weighted by atomic mass is 10.2. The van der Waals surface area contributed by atoms with E-state index in [2.05, 4.69) is 20.8 Å². The number of carbonyl (C=O) groups excluding carboxylic acids is 2. The number of anilines is 1. The third kappa shape index (κ3) is 5.62. The highest BCUT2D eigenvalue weighted by Gasteiger charge is 2.11. The molecule has 0 saturated carbocycles. The summed E-state index contributed by atoms with van der Waals surface area (Å²) in [6, 6.07) is 22.4. The van der Waals surface area contributed by atoms with Crippen LogP contribution in [0.1, 0.15) is 5.56 Å². The number of pyridine rings is 1. The number of hydrogen-bond donors (Lipinski definition) is 2. The highest BCUT2D eigenvalue weighted by atomic mass is 19.1. The van der Waals surface area contributed by atoms with Crippen molar-refractivity contribution >= 4 is 45.5 Å². The number of hydrazone groups is 1. The Balaban J connectivity index is 1.23. The molecule has 0 aliphatic carbocycles. The van der Waals surface area contributed by atoms with Gasteiger partial charge in [0, 0.05) is 39.9 Å². The molecule has 8 nitrogen and oxygen atoms in total. The molecule has 3 aromatic carbocycles. The number of halogens is 1. The number of nitrogens with one attached hydrogen (secondary N) is 2. The molecule has 0 fully saturated rings. The van der Waals surface area contributed by atoms with Gasteiger partial charge < -0.3 is 14.6 Å². The lowest BCUT2D eigenvalue weighted by Gasteiger charge is -2.07. The SMILES string of the molecule is O=C(COc1cccc2cccnc12)NN=Cc1cn(CC(=O)Nc2ccc(F)cc2)c2ccccc12. The van der Waals surface area contributed by atoms with Crippen LogP contribution in [0.3, 0.4) is 0 Å². The molecule has 0 unspecified atom stereocenters. The zero-order chi connectivity index (χ0) is 25.6. The number of amides is 2. The molecule has 2 amide bonds. The number of rotatable bonds is 8. The Morgan fingerprint density at radius 1 is 0.973 bits per heavy atom. The average molecular weight is 496 g/mol. The largest absolute Gasteiger partial charge is 0.481 e. The van der Waals surface area contributed by atoms with E-state index in [0.717, 1.165) is 21.9 Å². The van der Waals surface area contributed by atoms with Crippen molar-refractivity contribution in [3.63, 3.8) is 0 Å². The first-order chi connectivity index (χ1) is 18.1. The highest BCUT2D eigenvalue weighted by Crippen LogP contribution is 2.23. The molecule has 9 heteroatoms. The minimum absolute atomic E-state index is 0.0466. The number of hydrogen-bond acceptors (Lipinski definition) is 5. The van der Waals surface area contributed by atoms with Crippen LogP contribution in [0.25, 0.3) is 21.8 Å². The predicted molar refractivity (Wildman–Crippen MR) is 140 cm³/mol. The van der Waals surface area contributed by atoms with E-state index in [9.17, 15) is 14.0 Å². The van der Waals surface area contributed by atoms with Gasteiger partial charge >= 0.3 is 0 Å². The molecule has 0 atom stereocenters. The number of carbonyl (C=O) groups is 2. The molecule has 0 aliphatic heterocycles. The molecule has 5 aromatic rings. The minimum atomic E-state index is -0.424. The first kappa shape index (κ1) is 23.7. The van der Waals surface area contributed by atoms with Gasteiger partial charge in [-0.15, -0.1) is 0 Å². The number of nitrogens with zero attached hydrogens (tertiary/aromatic N) is 3. The van der Waals surface area contributed by atoms with Crippen LogP contribution in [0, 0.1) is 5.82 Å². The Morgan fingerprint density at radius 2 is 1.78 bits per heavy atom. The van der Waals surface area contributed by atoms with E-state index in [1.54, 1.807) is 23.0 Å². The third-order valence-electron chi connectivity index (χ3n) is 5.61. The summed E-state index contributed by atoms with van der Waals surface area (Å²) in [5.74, 6) is -0.544. The second-order valence-corrected chi connectivity index (χ2v) is 8.20. The Morgan fingerprint density at radius 3 is 2.65 bits per heavy atom. The van der Waals surface area contributed by atoms with E-state index in [-0.39, 0.29) is 24.9 Å². The second kappa shape index (κ2) is 10.7. The average Bonchev–Trinajstić information content (AvgIpc) is 3.26. The van der Waals surface area contributed by atoms with Gasteiger partial charge in [0.1, 0.15) is 23.6 Å². The Kier molecular flexibility index (Phi) is 6.84. The quantitative estimate of drug-likeness (QED) is 0.245. The summed E-state index contributed by atoms with van der Waals surface area (Å²) in [5, 5.41) is 8.60. The smallest absolute Gasteiger partial charge is 0.277 e. The Labute approximate surface area is 211 Å². The second-order valence-electron chi connectivity index (χ2n) is 8.20. The number of ether oxygens (including phenoxy) is 1. The minimum Gasteiger partial charge on any atom is -0.481 e. The summed E-state index contributed by atoms with van der Waals surface area (Å²) in [6.45, 7) is -0.177. The maximum absolute atomic E-state index is 13.1. The molecule has 2 N–H and O–H groups in total. The summed E-state index contributed by atoms with van der Waals surface area (Å²) in [5.41, 5.74) is 5.21. The Bertz CT molecular complexity index is 1610. The van der Waals surface area contributed by atoms with Crippen molar-refractivity contribution in [2.24, 2.45) is 5.10 Å². The lowest BCUT2D eigenvalue weighted by molar-refractivity contribution is -0.123. The van der Waals surface area contributed by atoms with Gasteiger partial charge in [-0.25, -0.2) is 9.82 Å². The van der Waals surface area contributed by atoms with E-state index >= 15 is 0 Å². The maximum atomic E-state index is 13.1. The Hall–Kier alpha value is -5.05. The van der Waals surface area contributed by atoms with Crippen LogP contribution in [0.15, 0.2) is 96.4 Å². The van der Waals surface area contributed by atoms with E-state index in [4.69, 9.17) is 4.74 Å². The van der Waals surface area contributed by atoms with Crippen molar-refractivity contribution in [3.05, 3.63) is 103 Å². The van der Waals surface area contributed by atoms with Crippen LogP contribution in [0.4, 0.5) is 10.1 Å². The maximum Gasteiger partial charge on any atom is 0.277 e. The number of aromatic nitrogens is 2. The lowest BCUT2D eigenvalue weighted by Crippen LogP contribution is -2.24. The van der Waals surface area contributed by atoms with Crippen LogP contribution >= 0.6 is 0 Å². The van der Waals surface area contributed by atoms with E-state index in [1.165, 1.54) is 30.5 Å². The van der Waals surface area contributed by atoms with E-state index in [1.807, 2.05) is 48.5 Å². The van der Waals surface area contributed by atoms with Gasteiger partial charge in [-0.2, -0.15) is 5.10 Å². The topological polar surface area (TPSA) is 97.6 Å². The van der Waals surface area contributed by atoms with Gasteiger partial charge in [0.05, 0.1) is 6.21 Å². The van der Waals surface area contributed by atoms with Gasteiger partial charge in [-0.1, -0.05) is 36.4 Å². The van der Waals surface area contributed by atoms with Gasteiger partial charge in [0.2, 0.25) is 5.91 Å². The van der Waals surface area contributed by atoms with E-state index in [0.29, 0.717) is 17.0 Å². The first-order valence-corrected chi connectivity index (χ1v) is 11.5. The van der Waals surface area contributed by atoms with Gasteiger partial charge in [0.15, 0.2) is 6.61 Å². The molecule has 184 valence electrons. The summed E-state index contributed by atoms with van der Waals surface area (Å²) in [7, 11) is 0. The molecule has 0 aliphatic rings. The molecular formula is C28H22FN5O3. The molecule has 37 heavy (non-hydrogen) atoms. The highest BCUT2D eigenvalue weighted by molar-refractivity contribution is 6.01. The van der Waals surface area contributed by atoms with Crippen LogP contribution in [0.2, 0.25) is 0 Å². The first-order valence-electron chi connectivity index (χ1n) is 11.5. The van der Waals surface area contributed by atoms with Crippen molar-refractivity contribution in [1.82, 2.24) is 15.0 Å². The standard InChI is InChI=1S/C28H22FN5O3/c29-21-10-12-22(13-11-21)32-26(35)17-34-16-20(23-7-1-2-8-24(23)34)15-31-33-27(36)18-37-25-9-3-5-19-6-4-14-30-28(19)25/h1-16H,17-18H2,(H,32,35)(H,33,36). The molecule has 0 bridgehead atoms. The molecular weight excluding hydrogens is 473 g/mol. The summed E-state index contributed by atoms with van der Waals surface area (Å²) in [6.07, 6.45) is 4.97. The van der Waals surface area contributed by atoms with Crippen molar-refractivity contribution in [3.8, 4) is 5.75 Å². The van der Waals surface area contributed by atoms with Crippen molar-refractivity contribution in [1.29, 1.82) is 0 Å². The number of para-hydroxylation sites is 2. The molecule has 2 aromatic heterocycles. The predicted octanol–water partition coefficient (Wildman–Crippen LogP) is 4.50. The fraction of sp³-hybridized carbons (Fsp3) is 0.0714. The van der Waals surface area contributed by atoms with Crippen molar-refractivity contribution < 1.29 is 18.7 Å². The van der Waals surface area contributed by atoms with Gasteiger partial charge in [-0.05, 0) is 42.5 Å². The van der Waals surface area contributed by atoms with Gasteiger partial charge in [0.25, 0.3) is 5.91 Å². The summed E-state index contributed by atoms with van der Waals surface area (Å²) < 4.78 is 20.5. The zero-order valence-corrected chi connectivity index (χ0v) is 19.6. The van der Waals surface area contributed by atoms with Crippen LogP contribution in [-0.2, 0) is 16.1 Å². The van der Waals surface area contributed by atoms with Crippen LogP contribution < -0.4 is 15.5 Å². The zero-order valence-electron chi connectivity index (χ0n) is 19.6. The van der Waals surface area contributed by atoms with E-state index < -0.39 is 5.91 Å². The number of fused-ring (bicyclic) bond motifs is 2. The fourth-order valence-corrected chi connectivity index (χ4v) is 3.94. The summed E-state index contributed by atoms with van der Waals surface area (Å²) in [4.78, 5) is 29.2. The monoisotopic (exact) mass is 495 g/mol.